The molecule has 37 heteroatoms. The van der Waals surface area contributed by atoms with Crippen LogP contribution >= 0.6 is 23.5 Å². The number of carboxylic acids is 2. The number of aliphatic carboxylic acids is 2. The minimum Gasteiger partial charge on any atom is -0.480 e. The summed E-state index contributed by atoms with van der Waals surface area (Å²) in [7, 11) is 6.08. The van der Waals surface area contributed by atoms with Crippen molar-refractivity contribution in [1.29, 1.82) is 0 Å². The Morgan fingerprint density at radius 3 is 0.725 bits per heavy atom. The minimum absolute atomic E-state index is 0.126. The third-order valence-electron chi connectivity index (χ3n) is 16.3. The Morgan fingerprint density at radius 2 is 0.559 bits per heavy atom. The Bertz CT molecular complexity index is 2210. The fourth-order valence-corrected chi connectivity index (χ4v) is 10.4. The van der Waals surface area contributed by atoms with Gasteiger partial charge in [-0.15, -0.1) is 0 Å². The highest BCUT2D eigenvalue weighted by atomic mass is 32.2. The number of hydrogen-bond donors (Lipinski definition) is 21. The Morgan fingerprint density at radius 1 is 0.353 bits per heavy atom. The molecule has 6 rings (SSSR count). The van der Waals surface area contributed by atoms with Crippen molar-refractivity contribution in [2.75, 3.05) is 78.6 Å². The van der Waals surface area contributed by atoms with Crippen molar-refractivity contribution in [1.82, 2.24) is 31.9 Å². The monoisotopic (exact) mass is 1520 g/mol. The number of aliphatic hydroxyl groups excluding tert-OH is 13. The number of nitrogens with one attached hydrogen (secondary N) is 6. The number of aliphatic hydroxyl groups is 13. The van der Waals surface area contributed by atoms with Gasteiger partial charge in [-0.2, -0.15) is 23.5 Å². The zero-order valence-corrected chi connectivity index (χ0v) is 64.2. The topological polar surface area (TPSA) is 568 Å². The smallest absolute Gasteiger partial charge is 0.327 e. The van der Waals surface area contributed by atoms with Gasteiger partial charge in [0, 0.05) is 78.0 Å². The SMILES string of the molecule is C1COC1.C1COC1.CC.CC.CCC(C(=O)NC)C1OC(O)C(O)C(O)C1O.CCC(C(=O)NC)C1OC(O)C(O)C1O.CCC(C(=O)N[C@@H](CSC)C(=O)O)C1OC(O)C(O)C1O.CCC(C)C(=O)NC.CCC(C)C(=O)N[C@@H](CSC)C(=O)O.CC[C@@H](C(=O)NC)C1O[C@H](O)[C@H](O)[C@H]1O. The molecule has 0 saturated carbocycles. The molecule has 6 heterocycles. The Labute approximate surface area is 609 Å². The maximum atomic E-state index is 12.2. The van der Waals surface area contributed by atoms with Crippen LogP contribution in [0.4, 0.5) is 0 Å². The van der Waals surface area contributed by atoms with Gasteiger partial charge in [0.05, 0.1) is 23.7 Å². The molecule has 6 aliphatic rings. The van der Waals surface area contributed by atoms with E-state index in [-0.39, 0.29) is 53.5 Å². The van der Waals surface area contributed by atoms with Crippen LogP contribution in [0.2, 0.25) is 0 Å². The molecule has 0 bridgehead atoms. The van der Waals surface area contributed by atoms with Gasteiger partial charge in [0.2, 0.25) is 35.4 Å². The molecule has 0 radical (unpaired) electrons. The molecule has 0 aromatic heterocycles. The third-order valence-corrected chi connectivity index (χ3v) is 17.6. The van der Waals surface area contributed by atoms with Gasteiger partial charge in [0.15, 0.2) is 25.2 Å². The lowest BCUT2D eigenvalue weighted by Crippen LogP contribution is -2.60. The zero-order valence-electron chi connectivity index (χ0n) is 62.6. The van der Waals surface area contributed by atoms with E-state index in [0.29, 0.717) is 25.0 Å². The van der Waals surface area contributed by atoms with Crippen LogP contribution in [0.15, 0.2) is 0 Å². The largest absolute Gasteiger partial charge is 0.480 e. The van der Waals surface area contributed by atoms with Gasteiger partial charge in [0.1, 0.15) is 91.4 Å². The van der Waals surface area contributed by atoms with Crippen LogP contribution in [0.1, 0.15) is 134 Å². The second-order valence-corrected chi connectivity index (χ2v) is 25.0. The number of amides is 6. The first-order valence-electron chi connectivity index (χ1n) is 34.6. The molecule has 0 aliphatic carbocycles. The summed E-state index contributed by atoms with van der Waals surface area (Å²) < 4.78 is 29.4. The van der Waals surface area contributed by atoms with Gasteiger partial charge in [0.25, 0.3) is 0 Å². The maximum Gasteiger partial charge on any atom is 0.327 e. The molecular formula is C65H128N6O29S2. The van der Waals surface area contributed by atoms with Crippen LogP contribution < -0.4 is 31.9 Å². The molecule has 25 atom stereocenters. The van der Waals surface area contributed by atoms with E-state index in [2.05, 4.69) is 31.9 Å². The highest BCUT2D eigenvalue weighted by Gasteiger charge is 2.50. The highest BCUT2D eigenvalue weighted by molar-refractivity contribution is 7.98. The van der Waals surface area contributed by atoms with Gasteiger partial charge >= 0.3 is 11.9 Å². The standard InChI is InChI=1S/C12H21NO7S.C10H19NO6.2C9H17NO5.C9H17NO3S.C6H13NO.2C3H6O.2C2H6/c1-3-5(9-7(14)8(15)12(19)20-9)10(16)13-6(4-21-2)11(17)18;1-3-4(9(15)11-2)8-6(13)5(12)7(14)10(16)17-8;2*1-3-4(8(13)10-2)7-5(11)6(12)9(14)15-7;1-4-6(2)8(11)10-7(5-14-3)9(12)13;1-4-5(2)6(8)7-3;2*1-2-4-3-1;2*1-2/h5-9,12,14-15,19H,3-4H2,1-2H3,(H,13,16)(H,17,18);4-8,10,12-14,16H,3H2,1-2H3,(H,11,15);2*4-7,9,11-12,14H,3H2,1-2H3,(H,10,13);6-7H,4-5H2,1-3H3,(H,10,11)(H,12,13);5H,4H2,1-3H3,(H,7,8);2*1-3H2;2*1-2H3/t5?,6-,7?,8?,9?,12?;;4-,5-,6-,7?,9+;;6?,7-;;;;;/m0.1.0...../s1. The van der Waals surface area contributed by atoms with E-state index >= 15 is 0 Å². The summed E-state index contributed by atoms with van der Waals surface area (Å²) in [5.74, 6) is -5.75. The first-order valence-corrected chi connectivity index (χ1v) is 37.4. The van der Waals surface area contributed by atoms with Crippen molar-refractivity contribution in [3.05, 3.63) is 0 Å². The molecule has 6 aliphatic heterocycles. The predicted octanol–water partition coefficient (Wildman–Crippen LogP) is -3.05. The molecule has 102 heavy (non-hydrogen) atoms. The number of rotatable bonds is 24. The van der Waals surface area contributed by atoms with E-state index in [1.165, 1.54) is 57.5 Å². The van der Waals surface area contributed by atoms with Crippen molar-refractivity contribution in [2.45, 2.75) is 251 Å². The molecule has 604 valence electrons. The van der Waals surface area contributed by atoms with E-state index in [1.54, 1.807) is 47.9 Å². The second kappa shape index (κ2) is 58.8. The average molecular weight is 1520 g/mol. The Balaban J connectivity index is -0.000000553. The number of thioether (sulfide) groups is 2. The normalized spacial score (nSPS) is 29.2. The summed E-state index contributed by atoms with van der Waals surface area (Å²) in [5, 5.41) is 155. The fourth-order valence-electron chi connectivity index (χ4n) is 9.28. The van der Waals surface area contributed by atoms with Crippen LogP contribution in [-0.4, -0.2) is 319 Å². The van der Waals surface area contributed by atoms with Crippen LogP contribution in [0, 0.1) is 35.5 Å². The van der Waals surface area contributed by atoms with Crippen LogP contribution in [-0.2, 0) is 66.8 Å². The fraction of sp³-hybridized carbons (Fsp3) is 0.877. The molecule has 6 amide bonds. The molecular weight excluding hydrogens is 1390 g/mol. The van der Waals surface area contributed by atoms with Crippen molar-refractivity contribution >= 4 is 70.9 Å². The molecule has 21 N–H and O–H groups in total. The van der Waals surface area contributed by atoms with Gasteiger partial charge in [-0.1, -0.05) is 83.1 Å². The van der Waals surface area contributed by atoms with Crippen molar-refractivity contribution in [3.63, 3.8) is 0 Å². The van der Waals surface area contributed by atoms with Crippen molar-refractivity contribution in [2.24, 2.45) is 35.5 Å². The van der Waals surface area contributed by atoms with E-state index in [9.17, 15) is 105 Å². The molecule has 0 aromatic carbocycles. The lowest BCUT2D eigenvalue weighted by Gasteiger charge is -2.40. The quantitative estimate of drug-likeness (QED) is 0.0456. The van der Waals surface area contributed by atoms with Gasteiger partial charge in [-0.25, -0.2) is 9.59 Å². The molecule has 6 fully saturated rings. The molecule has 0 spiro atoms. The molecule has 35 nitrogen and oxygen atoms in total. The number of carbonyl (C=O) groups is 8. The predicted molar refractivity (Wildman–Crippen MR) is 377 cm³/mol. The van der Waals surface area contributed by atoms with E-state index < -0.39 is 158 Å². The summed E-state index contributed by atoms with van der Waals surface area (Å²) in [6.07, 6.45) is -13.2. The third kappa shape index (κ3) is 36.3. The first-order chi connectivity index (χ1) is 48.1. The summed E-state index contributed by atoms with van der Waals surface area (Å²) in [6.45, 7) is 26.5. The lowest BCUT2D eigenvalue weighted by atomic mass is 9.87. The summed E-state index contributed by atoms with van der Waals surface area (Å²) in [5.41, 5.74) is 0. The van der Waals surface area contributed by atoms with E-state index in [0.717, 1.165) is 39.3 Å². The summed E-state index contributed by atoms with van der Waals surface area (Å²) >= 11 is 2.68. The van der Waals surface area contributed by atoms with E-state index in [4.69, 9.17) is 38.6 Å². The molecule has 6 saturated heterocycles. The number of carboxylic acid groups (broad SMARTS) is 2. The maximum absolute atomic E-state index is 12.2. The highest BCUT2D eigenvalue weighted by Crippen LogP contribution is 2.31. The molecule has 19 unspecified atom stereocenters. The second-order valence-electron chi connectivity index (χ2n) is 23.2. The Hall–Kier alpha value is -4.30. The number of ether oxygens (including phenoxy) is 6. The minimum atomic E-state index is -1.61. The summed E-state index contributed by atoms with van der Waals surface area (Å²) in [6, 6.07) is -1.82. The summed E-state index contributed by atoms with van der Waals surface area (Å²) in [4.78, 5) is 90.3. The zero-order chi connectivity index (χ0) is 79.9. The lowest BCUT2D eigenvalue weighted by molar-refractivity contribution is -0.289. The molecule has 0 aromatic rings. The van der Waals surface area contributed by atoms with Crippen molar-refractivity contribution in [3.8, 4) is 0 Å². The average Bonchev–Trinajstić information content (AvgIpc) is 0.943. The first kappa shape index (κ1) is 104. The number of carbonyl (C=O) groups excluding carboxylic acids is 6. The Kier molecular flexibility index (Phi) is 60.0. The van der Waals surface area contributed by atoms with Crippen LogP contribution in [0.5, 0.6) is 0 Å². The van der Waals surface area contributed by atoms with Gasteiger partial charge < -0.3 is 137 Å². The van der Waals surface area contributed by atoms with E-state index in [1.807, 2.05) is 54.7 Å². The number of hydrogen-bond acceptors (Lipinski definition) is 29. The van der Waals surface area contributed by atoms with Crippen LogP contribution in [0.25, 0.3) is 0 Å². The van der Waals surface area contributed by atoms with Crippen molar-refractivity contribution < 1.29 is 143 Å². The van der Waals surface area contributed by atoms with Gasteiger partial charge in [-0.05, 0) is 63.9 Å². The van der Waals surface area contributed by atoms with Gasteiger partial charge in [-0.3, -0.25) is 28.8 Å². The van der Waals surface area contributed by atoms with Crippen LogP contribution in [0.3, 0.4) is 0 Å².